The van der Waals surface area contributed by atoms with Crippen molar-refractivity contribution in [3.05, 3.63) is 34.4 Å². The summed E-state index contributed by atoms with van der Waals surface area (Å²) in [6.07, 6.45) is 0.615. The molecule has 6 nitrogen and oxygen atoms in total. The van der Waals surface area contributed by atoms with Crippen molar-refractivity contribution in [1.29, 1.82) is 0 Å². The predicted molar refractivity (Wildman–Crippen MR) is 93.4 cm³/mol. The first-order valence-electron chi connectivity index (χ1n) is 8.75. The van der Waals surface area contributed by atoms with Crippen LogP contribution in [0.15, 0.2) is 12.4 Å². The van der Waals surface area contributed by atoms with E-state index in [1.807, 2.05) is 0 Å². The first-order valence-corrected chi connectivity index (χ1v) is 9.13. The number of carbonyl (C=O) groups excluding carboxylic acids is 1. The molecule has 2 aromatic heterocycles. The zero-order chi connectivity index (χ0) is 19.8. The average molecular weight is 404 g/mol. The number of halogens is 4. The Morgan fingerprint density at radius 2 is 2.07 bits per heavy atom. The lowest BCUT2D eigenvalue weighted by atomic mass is 10.1. The Bertz CT molecular complexity index is 840. The molecule has 27 heavy (non-hydrogen) atoms. The Morgan fingerprint density at radius 3 is 2.70 bits per heavy atom. The van der Waals surface area contributed by atoms with Gasteiger partial charge in [0.05, 0.1) is 16.9 Å². The van der Waals surface area contributed by atoms with Crippen LogP contribution in [0, 0.1) is 0 Å². The smallest absolute Gasteiger partial charge is 0.354 e. The zero-order valence-electron chi connectivity index (χ0n) is 15.1. The maximum Gasteiger partial charge on any atom is 0.433 e. The van der Waals surface area contributed by atoms with Gasteiger partial charge in [-0.05, 0) is 39.5 Å². The summed E-state index contributed by atoms with van der Waals surface area (Å²) in [6.45, 7) is 3.70. The van der Waals surface area contributed by atoms with Crippen molar-refractivity contribution >= 4 is 17.5 Å². The number of carbonyl (C=O) groups is 1. The number of hydrogen-bond donors (Lipinski definition) is 1. The van der Waals surface area contributed by atoms with E-state index < -0.39 is 17.4 Å². The molecule has 0 saturated heterocycles. The maximum absolute atomic E-state index is 13.4. The van der Waals surface area contributed by atoms with E-state index in [-0.39, 0.29) is 19.0 Å². The Hall–Kier alpha value is -2.03. The van der Waals surface area contributed by atoms with Gasteiger partial charge in [0.15, 0.2) is 0 Å². The van der Waals surface area contributed by atoms with Gasteiger partial charge in [0.25, 0.3) is 0 Å². The molecule has 0 atom stereocenters. The van der Waals surface area contributed by atoms with E-state index in [4.69, 9.17) is 11.6 Å². The minimum atomic E-state index is -4.42. The molecule has 2 aromatic rings. The van der Waals surface area contributed by atoms with E-state index in [0.717, 1.165) is 4.68 Å². The quantitative estimate of drug-likeness (QED) is 0.753. The lowest BCUT2D eigenvalue weighted by Gasteiger charge is -2.24. The largest absolute Gasteiger partial charge is 0.433 e. The van der Waals surface area contributed by atoms with Crippen LogP contribution in [0.2, 0.25) is 5.02 Å². The maximum atomic E-state index is 13.4. The minimum Gasteiger partial charge on any atom is -0.354 e. The molecule has 0 unspecified atom stereocenters. The standard InChI is InChI=1S/C17H21ClF3N5O/c1-16(2,26-10-11(18)9-23-26)15(27)22-7-4-8-25-14(17(19,20)21)12-5-3-6-13(12)24-25/h9-10H,3-8H2,1-2H3,(H,22,27). The van der Waals surface area contributed by atoms with Crippen LogP contribution in [0.1, 0.15) is 43.6 Å². The first-order chi connectivity index (χ1) is 12.6. The fourth-order valence-corrected chi connectivity index (χ4v) is 3.42. The van der Waals surface area contributed by atoms with Gasteiger partial charge in [-0.15, -0.1) is 0 Å². The zero-order valence-corrected chi connectivity index (χ0v) is 15.9. The SMILES string of the molecule is CC(C)(C(=O)NCCCn1nc2c(c1C(F)(F)F)CCC2)n1cc(Cl)cn1. The molecule has 1 aliphatic carbocycles. The number of aromatic nitrogens is 4. The summed E-state index contributed by atoms with van der Waals surface area (Å²) in [6, 6.07) is 0. The van der Waals surface area contributed by atoms with Crippen molar-refractivity contribution in [1.82, 2.24) is 24.9 Å². The predicted octanol–water partition coefficient (Wildman–Crippen LogP) is 3.18. The summed E-state index contributed by atoms with van der Waals surface area (Å²) in [7, 11) is 0. The summed E-state index contributed by atoms with van der Waals surface area (Å²) in [5.41, 5.74) is -0.740. The number of amides is 1. The highest BCUT2D eigenvalue weighted by atomic mass is 35.5. The van der Waals surface area contributed by atoms with Crippen molar-refractivity contribution in [2.75, 3.05) is 6.54 Å². The molecule has 0 bridgehead atoms. The lowest BCUT2D eigenvalue weighted by molar-refractivity contribution is -0.145. The second kappa shape index (κ2) is 7.18. The van der Waals surface area contributed by atoms with Crippen LogP contribution in [0.25, 0.3) is 0 Å². The van der Waals surface area contributed by atoms with E-state index in [9.17, 15) is 18.0 Å². The van der Waals surface area contributed by atoms with E-state index in [2.05, 4.69) is 15.5 Å². The number of hydrogen-bond acceptors (Lipinski definition) is 3. The summed E-state index contributed by atoms with van der Waals surface area (Å²) in [5, 5.41) is 11.3. The summed E-state index contributed by atoms with van der Waals surface area (Å²) < 4.78 is 42.6. The minimum absolute atomic E-state index is 0.0934. The fraction of sp³-hybridized carbons (Fsp3) is 0.588. The Morgan fingerprint density at radius 1 is 1.33 bits per heavy atom. The number of rotatable bonds is 6. The molecular formula is C17H21ClF3N5O. The average Bonchev–Trinajstić information content (AvgIpc) is 3.25. The number of aryl methyl sites for hydroxylation is 2. The van der Waals surface area contributed by atoms with Crippen LogP contribution in [-0.4, -0.2) is 32.0 Å². The third kappa shape index (κ3) is 3.97. The normalized spacial score (nSPS) is 14.4. The molecule has 1 N–H and O–H groups in total. The Balaban J connectivity index is 1.59. The van der Waals surface area contributed by atoms with E-state index >= 15 is 0 Å². The van der Waals surface area contributed by atoms with Crippen LogP contribution in [0.5, 0.6) is 0 Å². The number of nitrogens with one attached hydrogen (secondary N) is 1. The van der Waals surface area contributed by atoms with E-state index in [1.54, 1.807) is 20.0 Å². The topological polar surface area (TPSA) is 64.7 Å². The Labute approximate surface area is 159 Å². The molecule has 1 amide bonds. The molecule has 10 heteroatoms. The molecule has 0 aliphatic heterocycles. The van der Waals surface area contributed by atoms with Crippen LogP contribution in [0.3, 0.4) is 0 Å². The highest BCUT2D eigenvalue weighted by Crippen LogP contribution is 2.37. The third-order valence-electron chi connectivity index (χ3n) is 4.75. The second-order valence-electron chi connectivity index (χ2n) is 7.12. The van der Waals surface area contributed by atoms with Crippen LogP contribution in [0.4, 0.5) is 13.2 Å². The first kappa shape index (κ1) is 19.7. The van der Waals surface area contributed by atoms with Crippen molar-refractivity contribution in [2.24, 2.45) is 0 Å². The van der Waals surface area contributed by atoms with Crippen molar-refractivity contribution in [2.45, 2.75) is 57.8 Å². The van der Waals surface area contributed by atoms with Gasteiger partial charge in [-0.2, -0.15) is 23.4 Å². The van der Waals surface area contributed by atoms with Gasteiger partial charge in [-0.3, -0.25) is 14.2 Å². The van der Waals surface area contributed by atoms with Crippen LogP contribution >= 0.6 is 11.6 Å². The van der Waals surface area contributed by atoms with Gasteiger partial charge < -0.3 is 5.32 Å². The molecule has 0 spiro atoms. The molecule has 0 radical (unpaired) electrons. The molecule has 2 heterocycles. The lowest BCUT2D eigenvalue weighted by Crippen LogP contribution is -2.45. The fourth-order valence-electron chi connectivity index (χ4n) is 3.28. The van der Waals surface area contributed by atoms with Crippen LogP contribution < -0.4 is 5.32 Å². The Kier molecular flexibility index (Phi) is 5.24. The molecule has 0 saturated carbocycles. The van der Waals surface area contributed by atoms with E-state index in [0.29, 0.717) is 42.0 Å². The molecule has 3 rings (SSSR count). The summed E-state index contributed by atoms with van der Waals surface area (Å²) >= 11 is 5.83. The highest BCUT2D eigenvalue weighted by molar-refractivity contribution is 6.30. The molecular weight excluding hydrogens is 383 g/mol. The molecule has 1 aliphatic rings. The molecule has 148 valence electrons. The van der Waals surface area contributed by atoms with Gasteiger partial charge in [0.1, 0.15) is 11.2 Å². The molecule has 0 aromatic carbocycles. The van der Waals surface area contributed by atoms with Crippen molar-refractivity contribution < 1.29 is 18.0 Å². The van der Waals surface area contributed by atoms with Crippen molar-refractivity contribution in [3.8, 4) is 0 Å². The highest BCUT2D eigenvalue weighted by Gasteiger charge is 2.40. The van der Waals surface area contributed by atoms with Crippen LogP contribution in [-0.2, 0) is 35.9 Å². The van der Waals surface area contributed by atoms with Gasteiger partial charge in [0.2, 0.25) is 5.91 Å². The third-order valence-corrected chi connectivity index (χ3v) is 4.95. The summed E-state index contributed by atoms with van der Waals surface area (Å²) in [5.74, 6) is -0.290. The van der Waals surface area contributed by atoms with Gasteiger partial charge >= 0.3 is 6.18 Å². The van der Waals surface area contributed by atoms with Gasteiger partial charge in [-0.25, -0.2) is 0 Å². The van der Waals surface area contributed by atoms with Crippen molar-refractivity contribution in [3.63, 3.8) is 0 Å². The monoisotopic (exact) mass is 403 g/mol. The van der Waals surface area contributed by atoms with Gasteiger partial charge in [-0.1, -0.05) is 11.6 Å². The second-order valence-corrected chi connectivity index (χ2v) is 7.56. The number of fused-ring (bicyclic) bond motifs is 1. The molecule has 0 fully saturated rings. The summed E-state index contributed by atoms with van der Waals surface area (Å²) in [4.78, 5) is 12.4. The number of nitrogens with zero attached hydrogens (tertiary/aromatic N) is 4. The number of alkyl halides is 3. The van der Waals surface area contributed by atoms with E-state index in [1.165, 1.54) is 10.9 Å². The van der Waals surface area contributed by atoms with Gasteiger partial charge in [0, 0.05) is 24.8 Å².